The Balaban J connectivity index is 2.20. The quantitative estimate of drug-likeness (QED) is 0.720. The van der Waals surface area contributed by atoms with E-state index in [1.807, 2.05) is 18.7 Å². The van der Waals surface area contributed by atoms with E-state index in [0.717, 1.165) is 26.2 Å². The second-order valence-electron chi connectivity index (χ2n) is 4.62. The monoisotopic (exact) mass is 241 g/mol. The Labute approximate surface area is 105 Å². The van der Waals surface area contributed by atoms with E-state index in [0.29, 0.717) is 12.6 Å². The van der Waals surface area contributed by atoms with E-state index < -0.39 is 0 Å². The van der Waals surface area contributed by atoms with Gasteiger partial charge < -0.3 is 10.2 Å². The number of carbonyl (C=O) groups excluding carboxylic acids is 1. The zero-order chi connectivity index (χ0) is 12.7. The normalized spacial score (nSPS) is 20.8. The van der Waals surface area contributed by atoms with Crippen LogP contribution in [0.1, 0.15) is 33.6 Å². The van der Waals surface area contributed by atoms with E-state index in [1.54, 1.807) is 0 Å². The summed E-state index contributed by atoms with van der Waals surface area (Å²) in [6.45, 7) is 11.6. The summed E-state index contributed by atoms with van der Waals surface area (Å²) >= 11 is 0. The van der Waals surface area contributed by atoms with E-state index in [9.17, 15) is 4.79 Å². The van der Waals surface area contributed by atoms with Crippen LogP contribution in [0.2, 0.25) is 0 Å². The van der Waals surface area contributed by atoms with Crippen molar-refractivity contribution in [2.75, 3.05) is 39.3 Å². The Kier molecular flexibility index (Phi) is 6.52. The highest BCUT2D eigenvalue weighted by Gasteiger charge is 2.22. The van der Waals surface area contributed by atoms with E-state index >= 15 is 0 Å². The number of hydrogen-bond acceptors (Lipinski definition) is 3. The standard InChI is InChI=1S/C13H27N3O/c1-4-15(5-2)13(17)11-14-10-12-8-7-9-16(12)6-3/h12,14H,4-11H2,1-3H3. The molecule has 100 valence electrons. The van der Waals surface area contributed by atoms with E-state index in [2.05, 4.69) is 17.1 Å². The Hall–Kier alpha value is -0.610. The van der Waals surface area contributed by atoms with Crippen LogP contribution in [-0.2, 0) is 4.79 Å². The van der Waals surface area contributed by atoms with Crippen LogP contribution in [0.5, 0.6) is 0 Å². The zero-order valence-electron chi connectivity index (χ0n) is 11.5. The van der Waals surface area contributed by atoms with Gasteiger partial charge in [0.05, 0.1) is 6.54 Å². The summed E-state index contributed by atoms with van der Waals surface area (Å²) in [6, 6.07) is 0.629. The van der Waals surface area contributed by atoms with Gasteiger partial charge in [-0.25, -0.2) is 0 Å². The summed E-state index contributed by atoms with van der Waals surface area (Å²) < 4.78 is 0. The first kappa shape index (κ1) is 14.5. The van der Waals surface area contributed by atoms with Gasteiger partial charge in [0.15, 0.2) is 0 Å². The van der Waals surface area contributed by atoms with Gasteiger partial charge in [0.1, 0.15) is 0 Å². The molecule has 1 atom stereocenters. The van der Waals surface area contributed by atoms with Crippen molar-refractivity contribution in [3.8, 4) is 0 Å². The topological polar surface area (TPSA) is 35.6 Å². The molecule has 0 aromatic heterocycles. The summed E-state index contributed by atoms with van der Waals surface area (Å²) in [5, 5.41) is 3.31. The molecule has 17 heavy (non-hydrogen) atoms. The van der Waals surface area contributed by atoms with E-state index in [4.69, 9.17) is 0 Å². The first-order valence-corrected chi connectivity index (χ1v) is 6.95. The number of hydrogen-bond donors (Lipinski definition) is 1. The molecule has 4 nitrogen and oxygen atoms in total. The summed E-state index contributed by atoms with van der Waals surface area (Å²) in [6.07, 6.45) is 2.56. The van der Waals surface area contributed by atoms with E-state index in [1.165, 1.54) is 19.4 Å². The highest BCUT2D eigenvalue weighted by Crippen LogP contribution is 2.15. The van der Waals surface area contributed by atoms with Crippen molar-refractivity contribution >= 4 is 5.91 Å². The maximum Gasteiger partial charge on any atom is 0.236 e. The van der Waals surface area contributed by atoms with Crippen LogP contribution < -0.4 is 5.32 Å². The van der Waals surface area contributed by atoms with Crippen molar-refractivity contribution in [1.82, 2.24) is 15.1 Å². The van der Waals surface area contributed by atoms with Gasteiger partial charge in [-0.15, -0.1) is 0 Å². The molecule has 0 spiro atoms. The first-order valence-electron chi connectivity index (χ1n) is 6.95. The molecule has 1 heterocycles. The summed E-state index contributed by atoms with van der Waals surface area (Å²) in [4.78, 5) is 16.1. The molecule has 1 unspecified atom stereocenters. The Morgan fingerprint density at radius 2 is 2.06 bits per heavy atom. The first-order chi connectivity index (χ1) is 8.22. The second kappa shape index (κ2) is 7.67. The largest absolute Gasteiger partial charge is 0.342 e. The summed E-state index contributed by atoms with van der Waals surface area (Å²) in [7, 11) is 0. The van der Waals surface area contributed by atoms with Gasteiger partial charge >= 0.3 is 0 Å². The molecule has 4 heteroatoms. The number of rotatable bonds is 7. The Morgan fingerprint density at radius 1 is 1.35 bits per heavy atom. The van der Waals surface area contributed by atoms with Crippen LogP contribution in [0.15, 0.2) is 0 Å². The third-order valence-corrected chi connectivity index (χ3v) is 3.68. The fourth-order valence-corrected chi connectivity index (χ4v) is 2.58. The van der Waals surface area contributed by atoms with Crippen LogP contribution in [0, 0.1) is 0 Å². The van der Waals surface area contributed by atoms with Gasteiger partial charge in [-0.05, 0) is 39.8 Å². The molecule has 1 N–H and O–H groups in total. The average Bonchev–Trinajstić information content (AvgIpc) is 2.78. The van der Waals surface area contributed by atoms with Crippen molar-refractivity contribution in [3.63, 3.8) is 0 Å². The van der Waals surface area contributed by atoms with Crippen LogP contribution in [0.4, 0.5) is 0 Å². The van der Waals surface area contributed by atoms with Crippen LogP contribution >= 0.6 is 0 Å². The van der Waals surface area contributed by atoms with Crippen molar-refractivity contribution in [2.24, 2.45) is 0 Å². The molecular weight excluding hydrogens is 214 g/mol. The molecule has 1 fully saturated rings. The molecule has 1 amide bonds. The van der Waals surface area contributed by atoms with Gasteiger partial charge in [-0.3, -0.25) is 9.69 Å². The van der Waals surface area contributed by atoms with Crippen molar-refractivity contribution in [1.29, 1.82) is 0 Å². The van der Waals surface area contributed by atoms with Gasteiger partial charge in [0.25, 0.3) is 0 Å². The number of nitrogens with one attached hydrogen (secondary N) is 1. The minimum absolute atomic E-state index is 0.219. The fraction of sp³-hybridized carbons (Fsp3) is 0.923. The van der Waals surface area contributed by atoms with Crippen molar-refractivity contribution < 1.29 is 4.79 Å². The molecular formula is C13H27N3O. The highest BCUT2D eigenvalue weighted by atomic mass is 16.2. The molecule has 1 aliphatic rings. The minimum Gasteiger partial charge on any atom is -0.342 e. The zero-order valence-corrected chi connectivity index (χ0v) is 11.5. The SMILES string of the molecule is CCN(CC)C(=O)CNCC1CCCN1CC. The summed E-state index contributed by atoms with van der Waals surface area (Å²) in [5.74, 6) is 0.219. The lowest BCUT2D eigenvalue weighted by atomic mass is 10.2. The van der Waals surface area contributed by atoms with Crippen LogP contribution in [0.3, 0.4) is 0 Å². The molecule has 0 radical (unpaired) electrons. The molecule has 0 aromatic carbocycles. The third-order valence-electron chi connectivity index (χ3n) is 3.68. The third kappa shape index (κ3) is 4.28. The van der Waals surface area contributed by atoms with Gasteiger partial charge in [-0.1, -0.05) is 6.92 Å². The van der Waals surface area contributed by atoms with Crippen LogP contribution in [-0.4, -0.2) is 61.0 Å². The highest BCUT2D eigenvalue weighted by molar-refractivity contribution is 5.78. The van der Waals surface area contributed by atoms with Crippen LogP contribution in [0.25, 0.3) is 0 Å². The van der Waals surface area contributed by atoms with Gasteiger partial charge in [-0.2, -0.15) is 0 Å². The predicted octanol–water partition coefficient (Wildman–Crippen LogP) is 0.929. The Morgan fingerprint density at radius 3 is 2.65 bits per heavy atom. The van der Waals surface area contributed by atoms with Crippen molar-refractivity contribution in [3.05, 3.63) is 0 Å². The average molecular weight is 241 g/mol. The number of nitrogens with zero attached hydrogens (tertiary/aromatic N) is 2. The number of carbonyl (C=O) groups is 1. The van der Waals surface area contributed by atoms with Gasteiger partial charge in [0, 0.05) is 25.7 Å². The smallest absolute Gasteiger partial charge is 0.236 e. The lowest BCUT2D eigenvalue weighted by Gasteiger charge is -2.24. The molecule has 0 aliphatic carbocycles. The van der Waals surface area contributed by atoms with Crippen molar-refractivity contribution in [2.45, 2.75) is 39.7 Å². The maximum absolute atomic E-state index is 11.8. The second-order valence-corrected chi connectivity index (χ2v) is 4.62. The predicted molar refractivity (Wildman–Crippen MR) is 71.1 cm³/mol. The lowest BCUT2D eigenvalue weighted by molar-refractivity contribution is -0.129. The molecule has 1 rings (SSSR count). The number of amides is 1. The molecule has 1 saturated heterocycles. The lowest BCUT2D eigenvalue weighted by Crippen LogP contribution is -2.43. The fourth-order valence-electron chi connectivity index (χ4n) is 2.58. The maximum atomic E-state index is 11.8. The molecule has 0 bridgehead atoms. The molecule has 1 aliphatic heterocycles. The molecule has 0 aromatic rings. The number of likely N-dealkylation sites (N-methyl/N-ethyl adjacent to an activating group) is 2. The van der Waals surface area contributed by atoms with E-state index in [-0.39, 0.29) is 5.91 Å². The minimum atomic E-state index is 0.219. The Bertz CT molecular complexity index is 229. The summed E-state index contributed by atoms with van der Waals surface area (Å²) in [5.41, 5.74) is 0. The number of likely N-dealkylation sites (tertiary alicyclic amines) is 1. The van der Waals surface area contributed by atoms with Gasteiger partial charge in [0.2, 0.25) is 5.91 Å². The molecule has 0 saturated carbocycles.